The van der Waals surface area contributed by atoms with E-state index in [1.165, 1.54) is 18.5 Å². The van der Waals surface area contributed by atoms with Crippen molar-refractivity contribution < 1.29 is 27.8 Å². The Morgan fingerprint density at radius 1 is 1.20 bits per heavy atom. The summed E-state index contributed by atoms with van der Waals surface area (Å²) < 4.78 is 45.4. The second-order valence-corrected chi connectivity index (χ2v) is 7.70. The van der Waals surface area contributed by atoms with Crippen molar-refractivity contribution in [1.82, 2.24) is 19.6 Å². The monoisotopic (exact) mass is 422 g/mol. The van der Waals surface area contributed by atoms with E-state index >= 15 is 0 Å². The molecule has 0 spiro atoms. The molecule has 3 aromatic rings. The first-order valence-electron chi connectivity index (χ1n) is 9.13. The van der Waals surface area contributed by atoms with Gasteiger partial charge in [0.25, 0.3) is 0 Å². The summed E-state index contributed by atoms with van der Waals surface area (Å²) in [5.74, 6) is -1.42. The van der Waals surface area contributed by atoms with E-state index < -0.39 is 23.4 Å². The first-order chi connectivity index (χ1) is 13.9. The van der Waals surface area contributed by atoms with Crippen LogP contribution in [0.4, 0.5) is 13.2 Å². The topological polar surface area (TPSA) is 89.6 Å². The summed E-state index contributed by atoms with van der Waals surface area (Å²) in [7, 11) is 0. The Balaban J connectivity index is 1.84. The Bertz CT molecular complexity index is 1110. The van der Waals surface area contributed by atoms with Crippen molar-refractivity contribution in [2.75, 3.05) is 0 Å². The van der Waals surface area contributed by atoms with Gasteiger partial charge in [-0.1, -0.05) is 0 Å². The molecule has 0 aliphatic heterocycles. The average molecular weight is 422 g/mol. The summed E-state index contributed by atoms with van der Waals surface area (Å²) >= 11 is 0. The van der Waals surface area contributed by atoms with E-state index in [2.05, 4.69) is 15.2 Å². The van der Waals surface area contributed by atoms with Crippen molar-refractivity contribution in [2.24, 2.45) is 5.41 Å². The maximum atomic E-state index is 13.0. The number of hydrogen-bond donors (Lipinski definition) is 1. The number of aromatic nitrogens is 4. The SMILES string of the molecule is Cc1ncc(OC(=O)C(C)(C)Cc2ccn3c(C(F)(F)F)nnc3c2C)cc1CO. The molecule has 3 rings (SSSR count). The lowest BCUT2D eigenvalue weighted by atomic mass is 9.84. The van der Waals surface area contributed by atoms with Crippen molar-refractivity contribution >= 4 is 11.6 Å². The molecule has 1 N–H and O–H groups in total. The van der Waals surface area contributed by atoms with Crippen LogP contribution >= 0.6 is 0 Å². The summed E-state index contributed by atoms with van der Waals surface area (Å²) in [6, 6.07) is 3.07. The molecule has 0 amide bonds. The molecule has 0 fully saturated rings. The molecule has 30 heavy (non-hydrogen) atoms. The van der Waals surface area contributed by atoms with E-state index in [9.17, 15) is 23.1 Å². The Labute approximate surface area is 170 Å². The highest BCUT2D eigenvalue weighted by Crippen LogP contribution is 2.31. The van der Waals surface area contributed by atoms with Crippen LogP contribution in [-0.4, -0.2) is 30.7 Å². The number of nitrogens with zero attached hydrogens (tertiary/aromatic N) is 4. The van der Waals surface area contributed by atoms with Crippen LogP contribution in [0.1, 0.15) is 42.1 Å². The van der Waals surface area contributed by atoms with Crippen LogP contribution in [-0.2, 0) is 24.0 Å². The van der Waals surface area contributed by atoms with Gasteiger partial charge in [0.05, 0.1) is 18.2 Å². The third kappa shape index (κ3) is 4.13. The number of fused-ring (bicyclic) bond motifs is 1. The Morgan fingerprint density at radius 3 is 2.53 bits per heavy atom. The maximum Gasteiger partial charge on any atom is 0.452 e. The van der Waals surface area contributed by atoms with Gasteiger partial charge in [0.1, 0.15) is 5.75 Å². The van der Waals surface area contributed by atoms with Crippen LogP contribution in [0, 0.1) is 19.3 Å². The van der Waals surface area contributed by atoms with Gasteiger partial charge >= 0.3 is 12.1 Å². The summed E-state index contributed by atoms with van der Waals surface area (Å²) in [6.45, 7) is 6.50. The molecule has 0 atom stereocenters. The number of pyridine rings is 2. The van der Waals surface area contributed by atoms with Crippen LogP contribution in [0.15, 0.2) is 24.5 Å². The van der Waals surface area contributed by atoms with Gasteiger partial charge in [-0.15, -0.1) is 10.2 Å². The zero-order valence-electron chi connectivity index (χ0n) is 16.9. The van der Waals surface area contributed by atoms with Crippen LogP contribution < -0.4 is 4.74 Å². The van der Waals surface area contributed by atoms with Crippen LogP contribution in [0.5, 0.6) is 5.75 Å². The minimum atomic E-state index is -4.62. The van der Waals surface area contributed by atoms with Gasteiger partial charge in [-0.05, 0) is 57.4 Å². The van der Waals surface area contributed by atoms with E-state index in [0.29, 0.717) is 22.4 Å². The summed E-state index contributed by atoms with van der Waals surface area (Å²) in [5.41, 5.74) is 1.43. The van der Waals surface area contributed by atoms with Crippen LogP contribution in [0.2, 0.25) is 0 Å². The molecule has 3 heterocycles. The number of esters is 1. The summed E-state index contributed by atoms with van der Waals surface area (Å²) in [5, 5.41) is 16.2. The number of halogens is 3. The molecule has 7 nitrogen and oxygen atoms in total. The zero-order valence-corrected chi connectivity index (χ0v) is 16.9. The van der Waals surface area contributed by atoms with E-state index in [1.807, 2.05) is 0 Å². The lowest BCUT2D eigenvalue weighted by Gasteiger charge is -2.23. The lowest BCUT2D eigenvalue weighted by molar-refractivity contribution is -0.145. The third-order valence-electron chi connectivity index (χ3n) is 4.92. The van der Waals surface area contributed by atoms with Crippen molar-refractivity contribution in [1.29, 1.82) is 0 Å². The Hall–Kier alpha value is -3.01. The van der Waals surface area contributed by atoms with E-state index in [1.54, 1.807) is 33.8 Å². The maximum absolute atomic E-state index is 13.0. The van der Waals surface area contributed by atoms with Gasteiger partial charge in [0, 0.05) is 17.5 Å². The zero-order chi connectivity index (χ0) is 22.3. The molecule has 0 saturated carbocycles. The molecule has 160 valence electrons. The standard InChI is InChI=1S/C20H21F3N4O3/c1-11-13(5-6-27-16(11)25-26-17(27)20(21,22)23)8-19(3,4)18(29)30-15-7-14(10-28)12(2)24-9-15/h5-7,9,28H,8,10H2,1-4H3. The lowest BCUT2D eigenvalue weighted by Crippen LogP contribution is -2.31. The third-order valence-corrected chi connectivity index (χ3v) is 4.92. The number of carbonyl (C=O) groups excluding carboxylic acids is 1. The molecule has 0 saturated heterocycles. The fraction of sp³-hybridized carbons (Fsp3) is 0.400. The molecule has 0 aliphatic rings. The fourth-order valence-electron chi connectivity index (χ4n) is 3.07. The molecule has 0 aliphatic carbocycles. The van der Waals surface area contributed by atoms with Crippen LogP contribution in [0.3, 0.4) is 0 Å². The number of alkyl halides is 3. The van der Waals surface area contributed by atoms with Gasteiger partial charge in [-0.3, -0.25) is 14.2 Å². The minimum absolute atomic E-state index is 0.0827. The van der Waals surface area contributed by atoms with Crippen molar-refractivity contribution in [3.05, 3.63) is 52.7 Å². The van der Waals surface area contributed by atoms with Gasteiger partial charge < -0.3 is 9.84 Å². The number of rotatable bonds is 5. The predicted molar refractivity (Wildman–Crippen MR) is 101 cm³/mol. The molecule has 0 radical (unpaired) electrons. The number of aryl methyl sites for hydroxylation is 2. The number of carbonyl (C=O) groups is 1. The molecule has 10 heteroatoms. The first kappa shape index (κ1) is 21.7. The Kier molecular flexibility index (Phi) is 5.55. The van der Waals surface area contributed by atoms with E-state index in [0.717, 1.165) is 4.40 Å². The quantitative estimate of drug-likeness (QED) is 0.634. The Morgan fingerprint density at radius 2 is 1.90 bits per heavy atom. The van der Waals surface area contributed by atoms with Crippen molar-refractivity contribution in [3.63, 3.8) is 0 Å². The van der Waals surface area contributed by atoms with E-state index in [4.69, 9.17) is 4.74 Å². The number of aliphatic hydroxyl groups excluding tert-OH is 1. The van der Waals surface area contributed by atoms with Gasteiger partial charge in [0.15, 0.2) is 5.65 Å². The molecular formula is C20H21F3N4O3. The largest absolute Gasteiger partial charge is 0.452 e. The molecule has 3 aromatic heterocycles. The number of hydrogen-bond acceptors (Lipinski definition) is 6. The van der Waals surface area contributed by atoms with Gasteiger partial charge in [0.2, 0.25) is 5.82 Å². The highest BCUT2D eigenvalue weighted by atomic mass is 19.4. The fourth-order valence-corrected chi connectivity index (χ4v) is 3.07. The predicted octanol–water partition coefficient (Wildman–Crippen LogP) is 3.43. The molecule has 0 aromatic carbocycles. The van der Waals surface area contributed by atoms with Crippen molar-refractivity contribution in [2.45, 2.75) is 46.9 Å². The smallest absolute Gasteiger partial charge is 0.424 e. The normalized spacial score (nSPS) is 12.4. The average Bonchev–Trinajstić information content (AvgIpc) is 3.10. The minimum Gasteiger partial charge on any atom is -0.424 e. The van der Waals surface area contributed by atoms with Gasteiger partial charge in [-0.25, -0.2) is 0 Å². The summed E-state index contributed by atoms with van der Waals surface area (Å²) in [4.78, 5) is 16.8. The first-order valence-corrected chi connectivity index (χ1v) is 9.13. The highest BCUT2D eigenvalue weighted by Gasteiger charge is 2.37. The van der Waals surface area contributed by atoms with Crippen LogP contribution in [0.25, 0.3) is 5.65 Å². The number of ether oxygens (including phenoxy) is 1. The molecule has 0 bridgehead atoms. The molecule has 0 unspecified atom stereocenters. The van der Waals surface area contributed by atoms with Gasteiger partial charge in [-0.2, -0.15) is 13.2 Å². The molecular weight excluding hydrogens is 401 g/mol. The van der Waals surface area contributed by atoms with Crippen molar-refractivity contribution in [3.8, 4) is 5.75 Å². The number of aliphatic hydroxyl groups is 1. The second-order valence-electron chi connectivity index (χ2n) is 7.70. The van der Waals surface area contributed by atoms with E-state index in [-0.39, 0.29) is 24.4 Å². The second kappa shape index (κ2) is 7.67. The summed E-state index contributed by atoms with van der Waals surface area (Å²) in [6.07, 6.45) is -1.76. The highest BCUT2D eigenvalue weighted by molar-refractivity contribution is 5.79.